The average molecular weight is 236 g/mol. The summed E-state index contributed by atoms with van der Waals surface area (Å²) >= 11 is 0. The third-order valence-corrected chi connectivity index (χ3v) is 2.26. The molecule has 17 heavy (non-hydrogen) atoms. The first-order valence-corrected chi connectivity index (χ1v) is 5.05. The highest BCUT2D eigenvalue weighted by atomic mass is 16.6. The zero-order chi connectivity index (χ0) is 12.8. The summed E-state index contributed by atoms with van der Waals surface area (Å²) in [5, 5.41) is 28.7. The van der Waals surface area contributed by atoms with E-state index in [1.807, 2.05) is 0 Å². The number of hydrogen-bond donors (Lipinski definition) is 1. The second kappa shape index (κ2) is 5.77. The van der Waals surface area contributed by atoms with Gasteiger partial charge in [-0.05, 0) is 13.0 Å². The molecule has 0 atom stereocenters. The fourth-order valence-corrected chi connectivity index (χ4v) is 1.48. The Kier molecular flexibility index (Phi) is 4.37. The summed E-state index contributed by atoms with van der Waals surface area (Å²) in [5.74, 6) is 0.116. The molecule has 0 radical (unpaired) electrons. The van der Waals surface area contributed by atoms with Crippen LogP contribution in [0.4, 0.5) is 11.5 Å². The number of nitriles is 1. The Morgan fingerprint density at radius 2 is 2.41 bits per heavy atom. The predicted molar refractivity (Wildman–Crippen MR) is 60.6 cm³/mol. The van der Waals surface area contributed by atoms with Gasteiger partial charge >= 0.3 is 5.69 Å². The van der Waals surface area contributed by atoms with E-state index in [0.717, 1.165) is 0 Å². The highest BCUT2D eigenvalue weighted by Crippen LogP contribution is 2.28. The Bertz CT molecular complexity index is 455. The number of aliphatic hydroxyl groups is 1. The highest BCUT2D eigenvalue weighted by molar-refractivity contribution is 5.65. The molecule has 0 saturated carbocycles. The lowest BCUT2D eigenvalue weighted by molar-refractivity contribution is -0.384. The van der Waals surface area contributed by atoms with Crippen LogP contribution < -0.4 is 4.90 Å². The van der Waals surface area contributed by atoms with Gasteiger partial charge in [-0.3, -0.25) is 10.1 Å². The molecule has 90 valence electrons. The van der Waals surface area contributed by atoms with Gasteiger partial charge in [0.25, 0.3) is 0 Å². The van der Waals surface area contributed by atoms with Crippen molar-refractivity contribution in [2.24, 2.45) is 0 Å². The van der Waals surface area contributed by atoms with Gasteiger partial charge in [-0.1, -0.05) is 0 Å². The van der Waals surface area contributed by atoms with Crippen molar-refractivity contribution in [1.82, 2.24) is 4.98 Å². The van der Waals surface area contributed by atoms with Gasteiger partial charge in [-0.25, -0.2) is 4.98 Å². The number of pyridine rings is 1. The second-order valence-corrected chi connectivity index (χ2v) is 3.20. The number of nitro groups is 1. The van der Waals surface area contributed by atoms with Gasteiger partial charge < -0.3 is 10.0 Å². The molecule has 1 aromatic rings. The summed E-state index contributed by atoms with van der Waals surface area (Å²) in [6, 6.07) is 3.07. The van der Waals surface area contributed by atoms with E-state index in [-0.39, 0.29) is 30.2 Å². The third kappa shape index (κ3) is 2.68. The van der Waals surface area contributed by atoms with E-state index in [9.17, 15) is 10.1 Å². The lowest BCUT2D eigenvalue weighted by Gasteiger charge is -2.20. The minimum absolute atomic E-state index is 0.0311. The van der Waals surface area contributed by atoms with Crippen molar-refractivity contribution < 1.29 is 10.0 Å². The van der Waals surface area contributed by atoms with E-state index in [4.69, 9.17) is 10.4 Å². The van der Waals surface area contributed by atoms with E-state index >= 15 is 0 Å². The zero-order valence-corrected chi connectivity index (χ0v) is 9.33. The molecular formula is C10H12N4O3. The van der Waals surface area contributed by atoms with Gasteiger partial charge in [0.15, 0.2) is 0 Å². The normalized spacial score (nSPS) is 9.71. The topological polar surface area (TPSA) is 103 Å². The Morgan fingerprint density at radius 1 is 1.71 bits per heavy atom. The highest BCUT2D eigenvalue weighted by Gasteiger charge is 2.24. The van der Waals surface area contributed by atoms with Crippen molar-refractivity contribution in [3.63, 3.8) is 0 Å². The van der Waals surface area contributed by atoms with Crippen molar-refractivity contribution in [2.45, 2.75) is 6.92 Å². The molecular weight excluding hydrogens is 224 g/mol. The van der Waals surface area contributed by atoms with Gasteiger partial charge in [-0.15, -0.1) is 0 Å². The van der Waals surface area contributed by atoms with E-state index in [2.05, 4.69) is 4.98 Å². The first-order chi connectivity index (χ1) is 8.15. The first-order valence-electron chi connectivity index (χ1n) is 5.05. The number of nitrogens with zero attached hydrogens (tertiary/aromatic N) is 4. The molecule has 0 spiro atoms. The molecule has 0 aromatic carbocycles. The molecule has 1 rings (SSSR count). The van der Waals surface area contributed by atoms with Crippen LogP contribution in [0.5, 0.6) is 0 Å². The van der Waals surface area contributed by atoms with Crippen LogP contribution in [0.15, 0.2) is 12.3 Å². The van der Waals surface area contributed by atoms with E-state index in [0.29, 0.717) is 6.54 Å². The fourth-order valence-electron chi connectivity index (χ4n) is 1.48. The summed E-state index contributed by atoms with van der Waals surface area (Å²) in [6.07, 6.45) is 1.35. The molecule has 0 amide bonds. The molecule has 0 unspecified atom stereocenters. The van der Waals surface area contributed by atoms with Gasteiger partial charge in [0.2, 0.25) is 5.82 Å². The maximum absolute atomic E-state index is 11.0. The molecule has 7 nitrogen and oxygen atoms in total. The number of likely N-dealkylation sites (N-methyl/N-ethyl adjacent to an activating group) is 1. The lowest BCUT2D eigenvalue weighted by atomic mass is 10.2. The van der Waals surface area contributed by atoms with Gasteiger partial charge in [0.1, 0.15) is 11.6 Å². The monoisotopic (exact) mass is 236 g/mol. The summed E-state index contributed by atoms with van der Waals surface area (Å²) in [7, 11) is 0. The Morgan fingerprint density at radius 3 is 2.88 bits per heavy atom. The third-order valence-electron chi connectivity index (χ3n) is 2.26. The Hall–Kier alpha value is -2.20. The molecule has 7 heteroatoms. The average Bonchev–Trinajstić information content (AvgIpc) is 2.34. The van der Waals surface area contributed by atoms with Crippen LogP contribution in [-0.2, 0) is 0 Å². The standard InChI is InChI=1S/C10H12N4O3/c1-2-13(5-6-15)10-9(14(16)17)8(7-11)3-4-12-10/h3-4,15H,2,5-6H2,1H3. The number of aliphatic hydroxyl groups excluding tert-OH is 1. The minimum Gasteiger partial charge on any atom is -0.395 e. The SMILES string of the molecule is CCN(CCO)c1nccc(C#N)c1[N+](=O)[O-]. The van der Waals surface area contributed by atoms with Crippen molar-refractivity contribution >= 4 is 11.5 Å². The smallest absolute Gasteiger partial charge is 0.329 e. The quantitative estimate of drug-likeness (QED) is 0.595. The molecule has 0 bridgehead atoms. The molecule has 1 aromatic heterocycles. The first kappa shape index (κ1) is 12.9. The summed E-state index contributed by atoms with van der Waals surface area (Å²) in [6.45, 7) is 2.35. The summed E-state index contributed by atoms with van der Waals surface area (Å²) in [4.78, 5) is 15.8. The van der Waals surface area contributed by atoms with Crippen molar-refractivity contribution in [3.8, 4) is 6.07 Å². The Balaban J connectivity index is 3.32. The van der Waals surface area contributed by atoms with Gasteiger partial charge in [0, 0.05) is 19.3 Å². The van der Waals surface area contributed by atoms with Gasteiger partial charge in [0.05, 0.1) is 11.5 Å². The number of rotatable bonds is 5. The van der Waals surface area contributed by atoms with Crippen LogP contribution in [0.1, 0.15) is 12.5 Å². The fraction of sp³-hybridized carbons (Fsp3) is 0.400. The molecule has 0 aliphatic rings. The number of aromatic nitrogens is 1. The largest absolute Gasteiger partial charge is 0.395 e. The summed E-state index contributed by atoms with van der Waals surface area (Å²) < 4.78 is 0. The maximum Gasteiger partial charge on any atom is 0.329 e. The van der Waals surface area contributed by atoms with Gasteiger partial charge in [-0.2, -0.15) is 5.26 Å². The predicted octanol–water partition coefficient (Wildman–Crippen LogP) is 0.680. The van der Waals surface area contributed by atoms with Crippen LogP contribution in [-0.4, -0.2) is 34.7 Å². The molecule has 1 N–H and O–H groups in total. The van der Waals surface area contributed by atoms with Crippen LogP contribution in [0.2, 0.25) is 0 Å². The Labute approximate surface area is 98.1 Å². The minimum atomic E-state index is -0.624. The number of anilines is 1. The van der Waals surface area contributed by atoms with Crippen molar-refractivity contribution in [3.05, 3.63) is 27.9 Å². The van der Waals surface area contributed by atoms with Crippen LogP contribution >= 0.6 is 0 Å². The van der Waals surface area contributed by atoms with Crippen molar-refractivity contribution in [1.29, 1.82) is 5.26 Å². The number of hydrogen-bond acceptors (Lipinski definition) is 6. The molecule has 0 fully saturated rings. The second-order valence-electron chi connectivity index (χ2n) is 3.20. The van der Waals surface area contributed by atoms with E-state index in [1.165, 1.54) is 12.3 Å². The molecule has 1 heterocycles. The molecule has 0 saturated heterocycles. The van der Waals surface area contributed by atoms with Crippen LogP contribution in [0.3, 0.4) is 0 Å². The lowest BCUT2D eigenvalue weighted by Crippen LogP contribution is -2.28. The van der Waals surface area contributed by atoms with E-state index < -0.39 is 4.92 Å². The molecule has 0 aliphatic carbocycles. The van der Waals surface area contributed by atoms with E-state index in [1.54, 1.807) is 17.9 Å². The van der Waals surface area contributed by atoms with Crippen LogP contribution in [0.25, 0.3) is 0 Å². The van der Waals surface area contributed by atoms with Crippen molar-refractivity contribution in [2.75, 3.05) is 24.6 Å². The maximum atomic E-state index is 11.0. The summed E-state index contributed by atoms with van der Waals surface area (Å²) in [5.41, 5.74) is -0.346. The molecule has 0 aliphatic heterocycles. The zero-order valence-electron chi connectivity index (χ0n) is 9.33. The van der Waals surface area contributed by atoms with Crippen LogP contribution in [0, 0.1) is 21.4 Å².